The van der Waals surface area contributed by atoms with E-state index in [1.807, 2.05) is 0 Å². The molecule has 0 aliphatic rings. The Morgan fingerprint density at radius 2 is 2.25 bits per heavy atom. The molecule has 0 unspecified atom stereocenters. The average molecular weight is 227 g/mol. The first-order valence-electron chi connectivity index (χ1n) is 3.14. The van der Waals surface area contributed by atoms with Crippen LogP contribution in [-0.4, -0.2) is 4.92 Å². The van der Waals surface area contributed by atoms with E-state index in [9.17, 15) is 10.1 Å². The van der Waals surface area contributed by atoms with Crippen molar-refractivity contribution in [3.05, 3.63) is 44.9 Å². The number of halogens is 1. The van der Waals surface area contributed by atoms with E-state index in [1.165, 1.54) is 12.1 Å². The van der Waals surface area contributed by atoms with Crippen LogP contribution >= 0.6 is 15.9 Å². The number of benzene rings is 1. The maximum atomic E-state index is 10.4. The number of nitrogens with zero attached hydrogens (tertiary/aromatic N) is 1. The predicted molar refractivity (Wildman–Crippen MR) is 49.6 cm³/mol. The first kappa shape index (κ1) is 8.93. The van der Waals surface area contributed by atoms with Crippen LogP contribution in [0.1, 0.15) is 5.56 Å². The quantitative estimate of drug-likeness (QED) is 0.575. The zero-order valence-electron chi connectivity index (χ0n) is 6.03. The summed E-state index contributed by atoms with van der Waals surface area (Å²) >= 11 is 3.13. The first-order chi connectivity index (χ1) is 5.65. The molecule has 12 heavy (non-hydrogen) atoms. The molecule has 0 aromatic heterocycles. The SMILES string of the molecule is [CH]=Cc1ccc(Br)cc1[N+](=O)[O-]. The second-order valence-corrected chi connectivity index (χ2v) is 3.04. The number of rotatable bonds is 2. The van der Waals surface area contributed by atoms with Crippen LogP contribution in [0.15, 0.2) is 22.7 Å². The van der Waals surface area contributed by atoms with Crippen LogP contribution in [0.25, 0.3) is 6.08 Å². The zero-order chi connectivity index (χ0) is 9.14. The van der Waals surface area contributed by atoms with Crippen molar-refractivity contribution in [2.75, 3.05) is 0 Å². The van der Waals surface area contributed by atoms with E-state index in [-0.39, 0.29) is 5.69 Å². The number of hydrogen-bond acceptors (Lipinski definition) is 2. The summed E-state index contributed by atoms with van der Waals surface area (Å²) in [5.41, 5.74) is 0.426. The fourth-order valence-corrected chi connectivity index (χ4v) is 1.16. The molecule has 0 N–H and O–H groups in total. The maximum absolute atomic E-state index is 10.4. The largest absolute Gasteiger partial charge is 0.277 e. The lowest BCUT2D eigenvalue weighted by atomic mass is 10.2. The molecular weight excluding hydrogens is 222 g/mol. The number of nitro benzene ring substituents is 1. The molecule has 0 saturated heterocycles. The van der Waals surface area contributed by atoms with E-state index in [2.05, 4.69) is 15.9 Å². The Morgan fingerprint density at radius 1 is 1.58 bits per heavy atom. The lowest BCUT2D eigenvalue weighted by Crippen LogP contribution is -1.90. The number of nitro groups is 1. The highest BCUT2D eigenvalue weighted by atomic mass is 79.9. The molecule has 1 aromatic rings. The van der Waals surface area contributed by atoms with Crippen LogP contribution in [0, 0.1) is 16.7 Å². The van der Waals surface area contributed by atoms with Crippen molar-refractivity contribution in [1.29, 1.82) is 0 Å². The van der Waals surface area contributed by atoms with E-state index >= 15 is 0 Å². The molecular formula is C8H5BrNO2. The highest BCUT2D eigenvalue weighted by Crippen LogP contribution is 2.23. The van der Waals surface area contributed by atoms with E-state index in [4.69, 9.17) is 6.58 Å². The van der Waals surface area contributed by atoms with Crippen LogP contribution in [0.2, 0.25) is 0 Å². The summed E-state index contributed by atoms with van der Waals surface area (Å²) in [5, 5.41) is 10.4. The molecule has 0 saturated carbocycles. The van der Waals surface area contributed by atoms with Crippen LogP contribution in [0.5, 0.6) is 0 Å². The summed E-state index contributed by atoms with van der Waals surface area (Å²) in [6, 6.07) is 4.70. The predicted octanol–water partition coefficient (Wildman–Crippen LogP) is 2.80. The van der Waals surface area contributed by atoms with E-state index in [0.717, 1.165) is 0 Å². The Balaban J connectivity index is 3.30. The Hall–Kier alpha value is -1.16. The molecule has 0 aliphatic carbocycles. The molecule has 0 atom stereocenters. The third kappa shape index (κ3) is 1.71. The third-order valence-electron chi connectivity index (χ3n) is 1.37. The summed E-state index contributed by atoms with van der Waals surface area (Å²) in [5.74, 6) is 0. The molecule has 0 bridgehead atoms. The Morgan fingerprint density at radius 3 is 2.75 bits per heavy atom. The highest BCUT2D eigenvalue weighted by Gasteiger charge is 2.10. The van der Waals surface area contributed by atoms with Gasteiger partial charge in [-0.25, -0.2) is 0 Å². The van der Waals surface area contributed by atoms with Crippen molar-refractivity contribution in [3.8, 4) is 0 Å². The van der Waals surface area contributed by atoms with Gasteiger partial charge in [0.1, 0.15) is 0 Å². The van der Waals surface area contributed by atoms with Gasteiger partial charge in [-0.3, -0.25) is 10.1 Å². The van der Waals surface area contributed by atoms with Gasteiger partial charge in [0.05, 0.1) is 10.5 Å². The fourth-order valence-electron chi connectivity index (χ4n) is 0.816. The van der Waals surface area contributed by atoms with Gasteiger partial charge < -0.3 is 0 Å². The van der Waals surface area contributed by atoms with Gasteiger partial charge in [0.2, 0.25) is 0 Å². The van der Waals surface area contributed by atoms with Gasteiger partial charge in [-0.05, 0) is 18.2 Å². The summed E-state index contributed by atoms with van der Waals surface area (Å²) in [6.07, 6.45) is 1.21. The molecule has 0 aliphatic heterocycles. The van der Waals surface area contributed by atoms with Crippen molar-refractivity contribution in [2.45, 2.75) is 0 Å². The van der Waals surface area contributed by atoms with Crippen LogP contribution in [0.3, 0.4) is 0 Å². The molecule has 4 heteroatoms. The van der Waals surface area contributed by atoms with Crippen molar-refractivity contribution in [3.63, 3.8) is 0 Å². The van der Waals surface area contributed by atoms with Crippen molar-refractivity contribution in [2.24, 2.45) is 0 Å². The van der Waals surface area contributed by atoms with E-state index in [1.54, 1.807) is 12.1 Å². The molecule has 61 valence electrons. The second kappa shape index (κ2) is 3.49. The monoisotopic (exact) mass is 226 g/mol. The van der Waals surface area contributed by atoms with Crippen molar-refractivity contribution in [1.82, 2.24) is 0 Å². The zero-order valence-corrected chi connectivity index (χ0v) is 7.61. The molecule has 0 amide bonds. The molecule has 0 spiro atoms. The summed E-state index contributed by atoms with van der Waals surface area (Å²) < 4.78 is 0.666. The van der Waals surface area contributed by atoms with E-state index < -0.39 is 4.92 Å². The molecule has 3 nitrogen and oxygen atoms in total. The summed E-state index contributed by atoms with van der Waals surface area (Å²) in [7, 11) is 0. The Labute approximate surface area is 78.0 Å². The van der Waals surface area contributed by atoms with Gasteiger partial charge in [-0.15, -0.1) is 0 Å². The van der Waals surface area contributed by atoms with E-state index in [0.29, 0.717) is 10.0 Å². The van der Waals surface area contributed by atoms with Crippen LogP contribution in [0.4, 0.5) is 5.69 Å². The minimum Gasteiger partial charge on any atom is -0.258 e. The standard InChI is InChI=1S/C8H5BrNO2/c1-2-6-3-4-7(9)5-8(6)10(11)12/h1-5H. The normalized spacial score (nSPS) is 9.42. The van der Waals surface area contributed by atoms with Crippen molar-refractivity contribution < 1.29 is 4.92 Å². The van der Waals surface area contributed by atoms with Gasteiger partial charge in [0.25, 0.3) is 5.69 Å². The lowest BCUT2D eigenvalue weighted by molar-refractivity contribution is -0.385. The lowest BCUT2D eigenvalue weighted by Gasteiger charge is -1.96. The molecule has 1 aromatic carbocycles. The summed E-state index contributed by atoms with van der Waals surface area (Å²) in [4.78, 5) is 9.97. The average Bonchev–Trinajstić information content (AvgIpc) is 2.04. The van der Waals surface area contributed by atoms with Crippen LogP contribution in [-0.2, 0) is 0 Å². The van der Waals surface area contributed by atoms with Gasteiger partial charge in [0.15, 0.2) is 0 Å². The molecule has 1 radical (unpaired) electrons. The van der Waals surface area contributed by atoms with Crippen molar-refractivity contribution >= 4 is 27.7 Å². The second-order valence-electron chi connectivity index (χ2n) is 2.13. The number of hydrogen-bond donors (Lipinski definition) is 0. The Kier molecular flexibility index (Phi) is 2.60. The fraction of sp³-hybridized carbons (Fsp3) is 0. The minimum atomic E-state index is -0.469. The topological polar surface area (TPSA) is 43.1 Å². The smallest absolute Gasteiger partial charge is 0.258 e. The maximum Gasteiger partial charge on any atom is 0.277 e. The minimum absolute atomic E-state index is 0.00637. The third-order valence-corrected chi connectivity index (χ3v) is 1.86. The first-order valence-corrected chi connectivity index (χ1v) is 3.93. The van der Waals surface area contributed by atoms with Gasteiger partial charge >= 0.3 is 0 Å². The van der Waals surface area contributed by atoms with Gasteiger partial charge in [-0.2, -0.15) is 0 Å². The molecule has 1 rings (SSSR count). The van der Waals surface area contributed by atoms with Gasteiger partial charge in [-0.1, -0.05) is 22.5 Å². The Bertz CT molecular complexity index is 336. The van der Waals surface area contributed by atoms with Crippen LogP contribution < -0.4 is 0 Å². The highest BCUT2D eigenvalue weighted by molar-refractivity contribution is 9.10. The summed E-state index contributed by atoms with van der Waals surface area (Å²) in [6.45, 7) is 5.19. The van der Waals surface area contributed by atoms with Gasteiger partial charge in [0, 0.05) is 10.5 Å². The molecule has 0 heterocycles. The molecule has 0 fully saturated rings.